The second-order valence-corrected chi connectivity index (χ2v) is 8.45. The summed E-state index contributed by atoms with van der Waals surface area (Å²) in [6.45, 7) is 0.921. The van der Waals surface area contributed by atoms with Crippen LogP contribution in [0.3, 0.4) is 0 Å². The third kappa shape index (κ3) is 3.45. The van der Waals surface area contributed by atoms with Gasteiger partial charge in [-0.05, 0) is 30.3 Å². The number of likely N-dealkylation sites (tertiary alicyclic amines) is 1. The predicted molar refractivity (Wildman–Crippen MR) is 94.2 cm³/mol. The maximum atomic E-state index is 13.1. The Morgan fingerprint density at radius 3 is 2.67 bits per heavy atom. The molecule has 0 saturated carbocycles. The van der Waals surface area contributed by atoms with Crippen molar-refractivity contribution in [2.24, 2.45) is 0 Å². The molecular formula is C18H18FN3O4S. The molecule has 2 aliphatic heterocycles. The van der Waals surface area contributed by atoms with Crippen molar-refractivity contribution in [1.29, 1.82) is 0 Å². The van der Waals surface area contributed by atoms with E-state index < -0.39 is 21.8 Å². The Morgan fingerprint density at radius 2 is 1.96 bits per heavy atom. The maximum absolute atomic E-state index is 13.1. The number of nitrogens with one attached hydrogen (secondary N) is 1. The molecule has 0 aliphatic carbocycles. The standard InChI is InChI=1S/C18H18FN3O4S/c19-14-5-3-13(4-6-14)17(23)22-10-7-18(8-11-22)12-21-27(24,25)15-2-1-9-20-16(15)26-18/h1-6,9H,7-8,10-12H2,(H-,21,24,25). The number of sulfonamides is 1. The van der Waals surface area contributed by atoms with Crippen molar-refractivity contribution in [2.45, 2.75) is 23.3 Å². The van der Waals surface area contributed by atoms with Crippen LogP contribution >= 0.6 is 0 Å². The summed E-state index contributed by atoms with van der Waals surface area (Å²) in [6.07, 6.45) is 2.40. The maximum Gasteiger partial charge on any atom is 0.272 e. The fourth-order valence-corrected chi connectivity index (χ4v) is 4.56. The lowest BCUT2D eigenvalue weighted by atomic mass is 9.90. The van der Waals surface area contributed by atoms with E-state index in [1.807, 2.05) is 0 Å². The van der Waals surface area contributed by atoms with Crippen LogP contribution in [0.4, 0.5) is 4.39 Å². The average Bonchev–Trinajstić information content (AvgIpc) is 2.78. The van der Waals surface area contributed by atoms with Crippen LogP contribution in [0.5, 0.6) is 5.88 Å². The van der Waals surface area contributed by atoms with Gasteiger partial charge in [-0.3, -0.25) is 4.79 Å². The van der Waals surface area contributed by atoms with Gasteiger partial charge in [0.25, 0.3) is 11.8 Å². The Bertz CT molecular complexity index is 913. The first kappa shape index (κ1) is 18.0. The van der Waals surface area contributed by atoms with Gasteiger partial charge >= 0.3 is 0 Å². The molecule has 1 fully saturated rings. The molecule has 1 aromatic carbocycles. The van der Waals surface area contributed by atoms with Gasteiger partial charge in [0, 0.05) is 43.8 Å². The molecule has 27 heavy (non-hydrogen) atoms. The highest BCUT2D eigenvalue weighted by Gasteiger charge is 2.45. The Morgan fingerprint density at radius 1 is 1.26 bits per heavy atom. The topological polar surface area (TPSA) is 94.6 Å². The number of rotatable bonds is 1. The number of benzene rings is 1. The van der Waals surface area contributed by atoms with Crippen molar-refractivity contribution in [3.05, 3.63) is 54.0 Å². The molecule has 7 nitrogen and oxygen atoms in total. The Hall–Kier alpha value is -2.36. The first-order valence-corrected chi connectivity index (χ1v) is 10.1. The van der Waals surface area contributed by atoms with E-state index in [1.165, 1.54) is 36.5 Å². The molecule has 1 N–H and O–H groups in total. The van der Waals surface area contributed by atoms with E-state index >= 15 is 0 Å². The molecule has 1 spiro atoms. The van der Waals surface area contributed by atoms with Gasteiger partial charge in [0.1, 0.15) is 11.4 Å². The number of pyridine rings is 1. The van der Waals surface area contributed by atoms with Crippen LogP contribution in [0.1, 0.15) is 23.2 Å². The molecule has 2 aromatic rings. The average molecular weight is 391 g/mol. The van der Waals surface area contributed by atoms with Gasteiger partial charge in [0.15, 0.2) is 10.4 Å². The van der Waals surface area contributed by atoms with Gasteiger partial charge in [-0.2, -0.15) is 0 Å². The number of carbonyl (C=O) groups is 1. The first-order chi connectivity index (χ1) is 12.9. The van der Waals surface area contributed by atoms with Gasteiger partial charge in [0.05, 0.1) is 6.54 Å². The van der Waals surface area contributed by atoms with Crippen LogP contribution in [-0.4, -0.2) is 45.6 Å². The van der Waals surface area contributed by atoms with Crippen molar-refractivity contribution in [2.75, 3.05) is 19.6 Å². The molecule has 9 heteroatoms. The van der Waals surface area contributed by atoms with E-state index in [0.717, 1.165) is 0 Å². The number of hydrogen-bond acceptors (Lipinski definition) is 5. The second kappa shape index (κ2) is 6.66. The Labute approximate surface area is 156 Å². The third-order valence-corrected chi connectivity index (χ3v) is 6.39. The summed E-state index contributed by atoms with van der Waals surface area (Å²) in [5, 5.41) is 0. The molecule has 0 bridgehead atoms. The smallest absolute Gasteiger partial charge is 0.272 e. The number of amides is 1. The van der Waals surface area contributed by atoms with Crippen LogP contribution in [0.2, 0.25) is 0 Å². The predicted octanol–water partition coefficient (Wildman–Crippen LogP) is 1.78. The number of halogens is 1. The highest BCUT2D eigenvalue weighted by atomic mass is 32.3. The first-order valence-electron chi connectivity index (χ1n) is 8.57. The van der Waals surface area contributed by atoms with E-state index in [0.29, 0.717) is 31.5 Å². The molecule has 1 unspecified atom stereocenters. The number of hydrogen-bond donors (Lipinski definition) is 1. The summed E-state index contributed by atoms with van der Waals surface area (Å²) in [5.74, 6) is -0.493. The largest absolute Gasteiger partial charge is 0.593 e. The van der Waals surface area contributed by atoms with Crippen molar-refractivity contribution >= 4 is 16.3 Å². The van der Waals surface area contributed by atoms with E-state index in [1.54, 1.807) is 11.0 Å². The zero-order chi connectivity index (χ0) is 19.1. The summed E-state index contributed by atoms with van der Waals surface area (Å²) < 4.78 is 46.4. The van der Waals surface area contributed by atoms with E-state index in [2.05, 4.69) is 9.71 Å². The number of aromatic nitrogens is 1. The van der Waals surface area contributed by atoms with Crippen molar-refractivity contribution < 1.29 is 22.7 Å². The van der Waals surface area contributed by atoms with Crippen LogP contribution < -0.4 is 9.46 Å². The quantitative estimate of drug-likeness (QED) is 0.748. The number of piperidine rings is 1. The van der Waals surface area contributed by atoms with Gasteiger partial charge < -0.3 is 14.2 Å². The number of ether oxygens (including phenoxy) is 1. The Kier molecular flexibility index (Phi) is 4.45. The lowest BCUT2D eigenvalue weighted by Crippen LogP contribution is -2.54. The van der Waals surface area contributed by atoms with E-state index in [9.17, 15) is 17.9 Å². The highest BCUT2D eigenvalue weighted by Crippen LogP contribution is 2.35. The zero-order valence-corrected chi connectivity index (χ0v) is 15.2. The molecule has 3 heterocycles. The summed E-state index contributed by atoms with van der Waals surface area (Å²) in [4.78, 5) is 18.4. The molecular weight excluding hydrogens is 373 g/mol. The monoisotopic (exact) mass is 391 g/mol. The van der Waals surface area contributed by atoms with Gasteiger partial charge in [0.2, 0.25) is 4.90 Å². The van der Waals surface area contributed by atoms with Crippen LogP contribution in [0.25, 0.3) is 0 Å². The van der Waals surface area contributed by atoms with Gasteiger partial charge in [-0.1, -0.05) is 4.21 Å². The number of nitrogens with zero attached hydrogens (tertiary/aromatic N) is 2. The SMILES string of the molecule is O=C(c1ccc(F)cc1)N1CCC2(CC1)CN[S+](=O)([O-])c1cccnc1O2. The lowest BCUT2D eigenvalue weighted by Gasteiger charge is -2.40. The molecule has 0 radical (unpaired) electrons. The van der Waals surface area contributed by atoms with Crippen molar-refractivity contribution in [3.63, 3.8) is 0 Å². The van der Waals surface area contributed by atoms with Crippen molar-refractivity contribution in [1.82, 2.24) is 14.6 Å². The van der Waals surface area contributed by atoms with E-state index in [4.69, 9.17) is 4.74 Å². The summed E-state index contributed by atoms with van der Waals surface area (Å²) >= 11 is 0. The fourth-order valence-electron chi connectivity index (χ4n) is 3.37. The summed E-state index contributed by atoms with van der Waals surface area (Å²) in [7, 11) is -3.68. The van der Waals surface area contributed by atoms with Crippen LogP contribution in [0, 0.1) is 5.82 Å². The van der Waals surface area contributed by atoms with Crippen LogP contribution in [0.15, 0.2) is 47.5 Å². The lowest BCUT2D eigenvalue weighted by molar-refractivity contribution is 0.00452. The number of carbonyl (C=O) groups excluding carboxylic acids is 1. The van der Waals surface area contributed by atoms with Gasteiger partial charge in [-0.15, -0.1) is 4.72 Å². The zero-order valence-electron chi connectivity index (χ0n) is 14.4. The second-order valence-electron chi connectivity index (χ2n) is 6.72. The minimum Gasteiger partial charge on any atom is -0.593 e. The molecule has 1 amide bonds. The van der Waals surface area contributed by atoms with Crippen LogP contribution in [-0.2, 0) is 14.6 Å². The minimum atomic E-state index is -3.68. The fraction of sp³-hybridized carbons (Fsp3) is 0.333. The molecule has 142 valence electrons. The van der Waals surface area contributed by atoms with Gasteiger partial charge in [-0.25, -0.2) is 9.37 Å². The molecule has 1 aromatic heterocycles. The third-order valence-electron chi connectivity index (χ3n) is 4.98. The Balaban J connectivity index is 1.51. The highest BCUT2D eigenvalue weighted by molar-refractivity contribution is 7.95. The normalized spacial score (nSPS) is 24.0. The molecule has 4 rings (SSSR count). The molecule has 1 saturated heterocycles. The minimum absolute atomic E-state index is 0.0201. The van der Waals surface area contributed by atoms with E-state index in [-0.39, 0.29) is 23.2 Å². The molecule has 2 aliphatic rings. The summed E-state index contributed by atoms with van der Waals surface area (Å²) in [6, 6.07) is 8.42. The molecule has 1 atom stereocenters. The van der Waals surface area contributed by atoms with Crippen molar-refractivity contribution in [3.8, 4) is 5.88 Å². The number of fused-ring (bicyclic) bond motifs is 1. The summed E-state index contributed by atoms with van der Waals surface area (Å²) in [5.41, 5.74) is -0.339.